The van der Waals surface area contributed by atoms with E-state index in [0.29, 0.717) is 26.9 Å². The molecule has 0 aliphatic heterocycles. The molecule has 0 unspecified atom stereocenters. The summed E-state index contributed by atoms with van der Waals surface area (Å²) in [7, 11) is 1.70. The Morgan fingerprint density at radius 2 is 2.20 bits per heavy atom. The second-order valence-corrected chi connectivity index (χ2v) is 5.05. The molecule has 102 valence electrons. The lowest BCUT2D eigenvalue weighted by Crippen LogP contribution is -2.01. The van der Waals surface area contributed by atoms with Gasteiger partial charge in [0.15, 0.2) is 5.65 Å². The van der Waals surface area contributed by atoms with E-state index in [9.17, 15) is 9.90 Å². The van der Waals surface area contributed by atoms with Gasteiger partial charge in [-0.15, -0.1) is 0 Å². The van der Waals surface area contributed by atoms with E-state index in [4.69, 9.17) is 0 Å². The molecular weight excluding hydrogens is 280 g/mol. The van der Waals surface area contributed by atoms with Crippen LogP contribution in [0.3, 0.4) is 0 Å². The maximum Gasteiger partial charge on any atom is 0.340 e. The zero-order valence-corrected chi connectivity index (χ0v) is 11.5. The summed E-state index contributed by atoms with van der Waals surface area (Å²) < 4.78 is 1.54. The number of hydrogen-bond donors (Lipinski definition) is 2. The molecule has 0 aliphatic rings. The summed E-state index contributed by atoms with van der Waals surface area (Å²) in [6.07, 6.45) is 2.92. The Bertz CT molecular complexity index is 808. The Morgan fingerprint density at radius 3 is 2.95 bits per heavy atom. The zero-order valence-electron chi connectivity index (χ0n) is 10.7. The van der Waals surface area contributed by atoms with Crippen LogP contribution in [0.5, 0.6) is 0 Å². The highest BCUT2D eigenvalue weighted by Gasteiger charge is 2.22. The summed E-state index contributed by atoms with van der Waals surface area (Å²) in [5.74, 6) is -1.01. The number of aromatic amines is 1. The standard InChI is InChI=1S/C11H10N6O2S/c1-5-6(11(18)19)10(17(2)16-5)20-9-7-8(13-3-12-7)14-4-15-9/h3-4H,1-2H3,(H,18,19)(H,12,13,14,15). The molecule has 0 saturated carbocycles. The molecule has 2 N–H and O–H groups in total. The van der Waals surface area contributed by atoms with E-state index >= 15 is 0 Å². The van der Waals surface area contributed by atoms with Gasteiger partial charge in [0, 0.05) is 7.05 Å². The van der Waals surface area contributed by atoms with Crippen molar-refractivity contribution >= 4 is 28.9 Å². The minimum atomic E-state index is -1.01. The maximum atomic E-state index is 11.3. The van der Waals surface area contributed by atoms with Gasteiger partial charge in [-0.25, -0.2) is 19.7 Å². The fraction of sp³-hybridized carbons (Fsp3) is 0.182. The first-order valence-electron chi connectivity index (χ1n) is 5.66. The predicted molar refractivity (Wildman–Crippen MR) is 70.7 cm³/mol. The Balaban J connectivity index is 2.12. The third kappa shape index (κ3) is 1.92. The minimum absolute atomic E-state index is 0.184. The summed E-state index contributed by atoms with van der Waals surface area (Å²) >= 11 is 1.22. The molecule has 0 atom stereocenters. The molecule has 0 radical (unpaired) electrons. The first kappa shape index (κ1) is 12.6. The number of nitrogens with zero attached hydrogens (tertiary/aromatic N) is 5. The topological polar surface area (TPSA) is 110 Å². The van der Waals surface area contributed by atoms with E-state index in [0.717, 1.165) is 0 Å². The summed E-state index contributed by atoms with van der Waals surface area (Å²) in [4.78, 5) is 26.5. The molecule has 3 rings (SSSR count). The van der Waals surface area contributed by atoms with Gasteiger partial charge in [-0.3, -0.25) is 4.68 Å². The Labute approximate surface area is 117 Å². The Hall–Kier alpha value is -2.42. The third-order valence-corrected chi connectivity index (χ3v) is 3.93. The number of rotatable bonds is 3. The number of aryl methyl sites for hydroxylation is 2. The molecule has 3 aromatic rings. The van der Waals surface area contributed by atoms with E-state index in [-0.39, 0.29) is 5.56 Å². The van der Waals surface area contributed by atoms with Gasteiger partial charge < -0.3 is 10.1 Å². The van der Waals surface area contributed by atoms with Gasteiger partial charge >= 0.3 is 5.97 Å². The minimum Gasteiger partial charge on any atom is -0.478 e. The van der Waals surface area contributed by atoms with Crippen LogP contribution in [0.15, 0.2) is 22.7 Å². The number of H-pyrrole nitrogens is 1. The first-order valence-corrected chi connectivity index (χ1v) is 6.48. The van der Waals surface area contributed by atoms with Crippen molar-refractivity contribution in [2.24, 2.45) is 7.05 Å². The first-order chi connectivity index (χ1) is 9.58. The van der Waals surface area contributed by atoms with Crippen LogP contribution in [-0.2, 0) is 7.05 Å². The van der Waals surface area contributed by atoms with Gasteiger partial charge in [-0.1, -0.05) is 0 Å². The van der Waals surface area contributed by atoms with Crippen molar-refractivity contribution in [2.45, 2.75) is 17.0 Å². The maximum absolute atomic E-state index is 11.3. The van der Waals surface area contributed by atoms with Crippen LogP contribution in [0.4, 0.5) is 0 Å². The van der Waals surface area contributed by atoms with E-state index in [1.165, 1.54) is 29.1 Å². The summed E-state index contributed by atoms with van der Waals surface area (Å²) in [6.45, 7) is 1.67. The van der Waals surface area contributed by atoms with Crippen LogP contribution in [0.2, 0.25) is 0 Å². The van der Waals surface area contributed by atoms with Crippen molar-refractivity contribution in [3.63, 3.8) is 0 Å². The van der Waals surface area contributed by atoms with Crippen molar-refractivity contribution in [1.82, 2.24) is 29.7 Å². The van der Waals surface area contributed by atoms with Gasteiger partial charge in [0.25, 0.3) is 0 Å². The van der Waals surface area contributed by atoms with Crippen molar-refractivity contribution in [2.75, 3.05) is 0 Å². The number of imidazole rings is 1. The normalized spacial score (nSPS) is 11.1. The molecule has 20 heavy (non-hydrogen) atoms. The van der Waals surface area contributed by atoms with Gasteiger partial charge in [0.2, 0.25) is 0 Å². The lowest BCUT2D eigenvalue weighted by Gasteiger charge is -2.03. The lowest BCUT2D eigenvalue weighted by molar-refractivity contribution is 0.0692. The van der Waals surface area contributed by atoms with Gasteiger partial charge in [0.05, 0.1) is 12.0 Å². The molecular formula is C11H10N6O2S. The molecule has 9 heteroatoms. The molecule has 0 aliphatic carbocycles. The summed E-state index contributed by atoms with van der Waals surface area (Å²) in [6, 6.07) is 0. The number of aromatic carboxylic acids is 1. The number of hydrogen-bond acceptors (Lipinski definition) is 6. The average Bonchev–Trinajstić information content (AvgIpc) is 2.95. The van der Waals surface area contributed by atoms with Crippen LogP contribution in [-0.4, -0.2) is 40.8 Å². The van der Waals surface area contributed by atoms with Crippen molar-refractivity contribution in [3.8, 4) is 0 Å². The molecule has 0 amide bonds. The van der Waals surface area contributed by atoms with E-state index in [1.54, 1.807) is 14.0 Å². The number of nitrogens with one attached hydrogen (secondary N) is 1. The van der Waals surface area contributed by atoms with Gasteiger partial charge in [0.1, 0.15) is 27.5 Å². The molecule has 0 spiro atoms. The fourth-order valence-electron chi connectivity index (χ4n) is 1.91. The quantitative estimate of drug-likeness (QED) is 0.698. The molecule has 0 fully saturated rings. The SMILES string of the molecule is Cc1nn(C)c(Sc2ncnc3nc[nH]c23)c1C(=O)O. The molecule has 3 heterocycles. The lowest BCUT2D eigenvalue weighted by atomic mass is 10.3. The smallest absolute Gasteiger partial charge is 0.340 e. The van der Waals surface area contributed by atoms with Crippen LogP contribution in [0.25, 0.3) is 11.2 Å². The fourth-order valence-corrected chi connectivity index (χ4v) is 2.96. The van der Waals surface area contributed by atoms with Gasteiger partial charge in [-0.05, 0) is 18.7 Å². The molecule has 3 aromatic heterocycles. The van der Waals surface area contributed by atoms with E-state index in [1.807, 2.05) is 0 Å². The van der Waals surface area contributed by atoms with Crippen molar-refractivity contribution < 1.29 is 9.90 Å². The Morgan fingerprint density at radius 1 is 1.40 bits per heavy atom. The number of carboxylic acid groups (broad SMARTS) is 1. The average molecular weight is 290 g/mol. The summed E-state index contributed by atoms with van der Waals surface area (Å²) in [5.41, 5.74) is 1.87. The number of fused-ring (bicyclic) bond motifs is 1. The second-order valence-electron chi connectivity index (χ2n) is 4.08. The molecule has 8 nitrogen and oxygen atoms in total. The third-order valence-electron chi connectivity index (χ3n) is 2.77. The largest absolute Gasteiger partial charge is 0.478 e. The Kier molecular flexibility index (Phi) is 2.90. The van der Waals surface area contributed by atoms with Gasteiger partial charge in [-0.2, -0.15) is 5.10 Å². The van der Waals surface area contributed by atoms with Crippen LogP contribution >= 0.6 is 11.8 Å². The number of carbonyl (C=O) groups is 1. The number of aromatic nitrogens is 6. The number of carboxylic acids is 1. The van der Waals surface area contributed by atoms with E-state index in [2.05, 4.69) is 25.0 Å². The van der Waals surface area contributed by atoms with Crippen LogP contribution in [0, 0.1) is 6.92 Å². The molecule has 0 bridgehead atoms. The highest BCUT2D eigenvalue weighted by Crippen LogP contribution is 2.32. The molecule has 0 saturated heterocycles. The van der Waals surface area contributed by atoms with E-state index < -0.39 is 5.97 Å². The van der Waals surface area contributed by atoms with Crippen molar-refractivity contribution in [3.05, 3.63) is 23.9 Å². The van der Waals surface area contributed by atoms with Crippen LogP contribution in [0.1, 0.15) is 16.1 Å². The monoisotopic (exact) mass is 290 g/mol. The highest BCUT2D eigenvalue weighted by atomic mass is 32.2. The highest BCUT2D eigenvalue weighted by molar-refractivity contribution is 7.99. The second kappa shape index (κ2) is 4.60. The summed E-state index contributed by atoms with van der Waals surface area (Å²) in [5, 5.41) is 14.6. The zero-order chi connectivity index (χ0) is 14.3. The van der Waals surface area contributed by atoms with Crippen molar-refractivity contribution in [1.29, 1.82) is 0 Å². The predicted octanol–water partition coefficient (Wildman–Crippen LogP) is 1.24. The van der Waals surface area contributed by atoms with Crippen LogP contribution < -0.4 is 0 Å². The molecule has 0 aromatic carbocycles.